The topological polar surface area (TPSA) is 75.8 Å². The van der Waals surface area contributed by atoms with Crippen LogP contribution >= 0.6 is 11.6 Å². The first-order valence-electron chi connectivity index (χ1n) is 9.16. The number of fused-ring (bicyclic) bond motifs is 1. The molecule has 1 saturated heterocycles. The number of aromatic nitrogens is 4. The second-order valence-electron chi connectivity index (χ2n) is 7.65. The molecular formula is C19H23ClN6OS. The molecule has 0 unspecified atom stereocenters. The number of halogens is 1. The molecular weight excluding hydrogens is 396 g/mol. The molecule has 0 saturated carbocycles. The summed E-state index contributed by atoms with van der Waals surface area (Å²) in [6.07, 6.45) is 9.68. The summed E-state index contributed by atoms with van der Waals surface area (Å²) in [5, 5.41) is 0.637. The number of anilines is 1. The predicted octanol–water partition coefficient (Wildman–Crippen LogP) is 3.39. The Labute approximate surface area is 170 Å². The van der Waals surface area contributed by atoms with Gasteiger partial charge in [-0.1, -0.05) is 18.5 Å². The summed E-state index contributed by atoms with van der Waals surface area (Å²) in [6.45, 7) is 3.70. The summed E-state index contributed by atoms with van der Waals surface area (Å²) >= 11 is 6.15. The number of rotatable bonds is 3. The molecule has 0 aromatic carbocycles. The zero-order valence-electron chi connectivity index (χ0n) is 16.1. The highest BCUT2D eigenvalue weighted by Gasteiger charge is 2.27. The van der Waals surface area contributed by atoms with Gasteiger partial charge in [0, 0.05) is 47.7 Å². The van der Waals surface area contributed by atoms with E-state index in [0.29, 0.717) is 23.4 Å². The van der Waals surface area contributed by atoms with Gasteiger partial charge in [-0.25, -0.2) is 19.3 Å². The third-order valence-corrected chi connectivity index (χ3v) is 5.73. The van der Waals surface area contributed by atoms with Crippen LogP contribution in [0, 0.1) is 5.92 Å². The second-order valence-corrected chi connectivity index (χ2v) is 10.7. The van der Waals surface area contributed by atoms with Crippen molar-refractivity contribution in [1.82, 2.24) is 19.4 Å². The number of pyridine rings is 1. The molecule has 2 atom stereocenters. The average molecular weight is 419 g/mol. The van der Waals surface area contributed by atoms with Crippen LogP contribution in [0.1, 0.15) is 13.3 Å². The van der Waals surface area contributed by atoms with E-state index in [0.717, 1.165) is 30.0 Å². The number of imidazole rings is 1. The van der Waals surface area contributed by atoms with Crippen LogP contribution in [-0.2, 0) is 9.73 Å². The van der Waals surface area contributed by atoms with Gasteiger partial charge in [0.15, 0.2) is 0 Å². The molecule has 1 fully saturated rings. The Kier molecular flexibility index (Phi) is 5.01. The molecule has 0 amide bonds. The van der Waals surface area contributed by atoms with Gasteiger partial charge in [0.25, 0.3) is 0 Å². The number of hydrogen-bond acceptors (Lipinski definition) is 6. The molecule has 1 aliphatic heterocycles. The monoisotopic (exact) mass is 418 g/mol. The lowest BCUT2D eigenvalue weighted by molar-refractivity contribution is 0.400. The Morgan fingerprint density at radius 2 is 2.04 bits per heavy atom. The van der Waals surface area contributed by atoms with Crippen LogP contribution in [0.25, 0.3) is 17.0 Å². The molecule has 3 aromatic rings. The highest BCUT2D eigenvalue weighted by atomic mass is 35.5. The third kappa shape index (κ3) is 4.12. The zero-order chi connectivity index (χ0) is 19.9. The Bertz CT molecular complexity index is 1130. The molecule has 3 aromatic heterocycles. The molecule has 1 aliphatic rings. The normalized spacial score (nSPS) is 20.5. The summed E-state index contributed by atoms with van der Waals surface area (Å²) in [5.41, 5.74) is 2.45. The minimum Gasteiger partial charge on any atom is -0.338 e. The zero-order valence-corrected chi connectivity index (χ0v) is 17.7. The van der Waals surface area contributed by atoms with E-state index in [2.05, 4.69) is 26.2 Å². The molecule has 9 heteroatoms. The number of hydrogen-bond donors (Lipinski definition) is 0. The van der Waals surface area contributed by atoms with E-state index in [1.54, 1.807) is 24.9 Å². The van der Waals surface area contributed by atoms with E-state index in [1.807, 2.05) is 28.8 Å². The highest BCUT2D eigenvalue weighted by molar-refractivity contribution is 7.92. The first-order valence-corrected chi connectivity index (χ1v) is 11.9. The molecule has 0 N–H and O–H groups in total. The van der Waals surface area contributed by atoms with Crippen LogP contribution in [-0.4, -0.2) is 55.2 Å². The summed E-state index contributed by atoms with van der Waals surface area (Å²) in [5.74, 6) is 1.08. The molecule has 0 radical (unpaired) electrons. The van der Waals surface area contributed by atoms with Gasteiger partial charge in [0.1, 0.15) is 5.65 Å². The lowest BCUT2D eigenvalue weighted by Crippen LogP contribution is -2.42. The van der Waals surface area contributed by atoms with Gasteiger partial charge in [-0.05, 0) is 30.5 Å². The van der Waals surface area contributed by atoms with Crippen LogP contribution in [0.15, 0.2) is 41.2 Å². The van der Waals surface area contributed by atoms with Gasteiger partial charge in [0.05, 0.1) is 28.6 Å². The van der Waals surface area contributed by atoms with E-state index in [9.17, 15) is 4.21 Å². The minimum absolute atomic E-state index is 0.0214. The van der Waals surface area contributed by atoms with E-state index in [4.69, 9.17) is 16.6 Å². The van der Waals surface area contributed by atoms with Crippen LogP contribution in [0.2, 0.25) is 5.02 Å². The fourth-order valence-electron chi connectivity index (χ4n) is 3.70. The van der Waals surface area contributed by atoms with Gasteiger partial charge in [-0.3, -0.25) is 8.61 Å². The van der Waals surface area contributed by atoms with Crippen molar-refractivity contribution in [3.8, 4) is 11.4 Å². The maximum absolute atomic E-state index is 12.1. The molecule has 4 rings (SSSR count). The molecule has 148 valence electrons. The molecule has 4 heterocycles. The average Bonchev–Trinajstić information content (AvgIpc) is 3.03. The van der Waals surface area contributed by atoms with Crippen molar-refractivity contribution in [1.29, 1.82) is 0 Å². The van der Waals surface area contributed by atoms with Crippen molar-refractivity contribution >= 4 is 32.9 Å². The quantitative estimate of drug-likeness (QED) is 0.651. The van der Waals surface area contributed by atoms with Crippen LogP contribution in [0.4, 0.5) is 5.95 Å². The van der Waals surface area contributed by atoms with E-state index in [-0.39, 0.29) is 6.04 Å². The Morgan fingerprint density at radius 3 is 2.82 bits per heavy atom. The number of nitrogens with zero attached hydrogens (tertiary/aromatic N) is 6. The van der Waals surface area contributed by atoms with Crippen molar-refractivity contribution in [3.05, 3.63) is 41.8 Å². The Balaban J connectivity index is 1.68. The summed E-state index contributed by atoms with van der Waals surface area (Å²) < 4.78 is 18.6. The largest absolute Gasteiger partial charge is 0.338 e. The van der Waals surface area contributed by atoms with Gasteiger partial charge in [-0.2, -0.15) is 0 Å². The third-order valence-electron chi connectivity index (χ3n) is 4.70. The molecule has 0 bridgehead atoms. The van der Waals surface area contributed by atoms with Gasteiger partial charge in [0.2, 0.25) is 5.95 Å². The smallest absolute Gasteiger partial charge is 0.225 e. The number of piperidine rings is 1. The maximum Gasteiger partial charge on any atom is 0.225 e. The molecule has 0 aliphatic carbocycles. The van der Waals surface area contributed by atoms with Crippen molar-refractivity contribution in [3.63, 3.8) is 0 Å². The Hall–Kier alpha value is -2.19. The lowest BCUT2D eigenvalue weighted by atomic mass is 9.97. The SMILES string of the molecule is C[C@@H]1C[C@H](N=S(C)(C)=O)CN(c2nccc(-c3cnc4ccc(Cl)cn34)n2)C1. The van der Waals surface area contributed by atoms with Crippen molar-refractivity contribution in [2.24, 2.45) is 10.3 Å². The maximum atomic E-state index is 12.1. The molecule has 28 heavy (non-hydrogen) atoms. The fourth-order valence-corrected chi connectivity index (χ4v) is 4.74. The van der Waals surface area contributed by atoms with Crippen molar-refractivity contribution in [2.75, 3.05) is 30.5 Å². The lowest BCUT2D eigenvalue weighted by Gasteiger charge is -2.34. The van der Waals surface area contributed by atoms with E-state index >= 15 is 0 Å². The van der Waals surface area contributed by atoms with Crippen molar-refractivity contribution in [2.45, 2.75) is 19.4 Å². The second kappa shape index (κ2) is 7.33. The van der Waals surface area contributed by atoms with E-state index < -0.39 is 9.73 Å². The standard InChI is InChI=1S/C19H23ClN6OS/c1-13-8-15(24-28(2,3)27)12-25(10-13)19-21-7-6-16(23-19)17-9-22-18-5-4-14(20)11-26(17)18/h4-7,9,11,13,15H,8,10,12H2,1-3H3/t13-,15+/m1/s1. The van der Waals surface area contributed by atoms with Crippen molar-refractivity contribution < 1.29 is 4.21 Å². The minimum atomic E-state index is -2.14. The summed E-state index contributed by atoms with van der Waals surface area (Å²) in [4.78, 5) is 15.8. The molecule has 0 spiro atoms. The predicted molar refractivity (Wildman–Crippen MR) is 113 cm³/mol. The van der Waals surface area contributed by atoms with Crippen LogP contribution < -0.4 is 4.90 Å². The van der Waals surface area contributed by atoms with Crippen LogP contribution in [0.5, 0.6) is 0 Å². The van der Waals surface area contributed by atoms with Gasteiger partial charge < -0.3 is 4.90 Å². The van der Waals surface area contributed by atoms with E-state index in [1.165, 1.54) is 0 Å². The highest BCUT2D eigenvalue weighted by Crippen LogP contribution is 2.26. The summed E-state index contributed by atoms with van der Waals surface area (Å²) in [7, 11) is -2.14. The van der Waals surface area contributed by atoms with Gasteiger partial charge in [-0.15, -0.1) is 0 Å². The first-order chi connectivity index (χ1) is 13.3. The first kappa shape index (κ1) is 19.1. The molecule has 7 nitrogen and oxygen atoms in total. The van der Waals surface area contributed by atoms with Crippen LogP contribution in [0.3, 0.4) is 0 Å². The Morgan fingerprint density at radius 1 is 1.21 bits per heavy atom. The summed E-state index contributed by atoms with van der Waals surface area (Å²) in [6, 6.07) is 5.58. The fraction of sp³-hybridized carbons (Fsp3) is 0.421. The van der Waals surface area contributed by atoms with Gasteiger partial charge >= 0.3 is 0 Å².